The van der Waals surface area contributed by atoms with Crippen molar-refractivity contribution in [1.29, 1.82) is 0 Å². The Morgan fingerprint density at radius 1 is 0.581 bits per heavy atom. The van der Waals surface area contributed by atoms with Gasteiger partial charge < -0.3 is 19.3 Å². The Kier molecular flexibility index (Phi) is 18.4. The fourth-order valence-electron chi connectivity index (χ4n) is 1.41. The molecule has 0 heterocycles. The second kappa shape index (κ2) is 16.5. The monoisotopic (exact) mass is 508 g/mol. The van der Waals surface area contributed by atoms with Gasteiger partial charge in [-0.3, -0.25) is 0 Å². The van der Waals surface area contributed by atoms with Gasteiger partial charge in [-0.25, -0.2) is 16.8 Å². The van der Waals surface area contributed by atoms with E-state index in [0.29, 0.717) is 0 Å². The van der Waals surface area contributed by atoms with Crippen molar-refractivity contribution in [3.05, 3.63) is 59.7 Å². The molecule has 31 heavy (non-hydrogen) atoms. The van der Waals surface area contributed by atoms with Crippen LogP contribution in [0.3, 0.4) is 0 Å². The SMILES string of the molecule is CC(C)[O-].CC(C)[O-].Cc1ccc(S(=O)(=O)[O-])cc1.Cc1ccc(S(=O)(=O)[O-])cc1.[Ti+4]. The van der Waals surface area contributed by atoms with Gasteiger partial charge in [-0.15, -0.1) is 12.2 Å². The molecule has 2 aromatic carbocycles. The Morgan fingerprint density at radius 3 is 0.871 bits per heavy atom. The maximum Gasteiger partial charge on any atom is 4.00 e. The molecule has 2 aromatic rings. The average molecular weight is 508 g/mol. The fourth-order valence-corrected chi connectivity index (χ4v) is 2.35. The van der Waals surface area contributed by atoms with Crippen LogP contribution in [0.5, 0.6) is 0 Å². The van der Waals surface area contributed by atoms with Gasteiger partial charge in [0, 0.05) is 0 Å². The number of hydrogen-bond acceptors (Lipinski definition) is 8. The van der Waals surface area contributed by atoms with E-state index in [4.69, 9.17) is 0 Å². The van der Waals surface area contributed by atoms with Crippen molar-refractivity contribution < 1.29 is 57.9 Å². The van der Waals surface area contributed by atoms with E-state index in [1.54, 1.807) is 52.0 Å². The van der Waals surface area contributed by atoms with Gasteiger partial charge in [0.2, 0.25) is 0 Å². The molecule has 0 spiro atoms. The van der Waals surface area contributed by atoms with Gasteiger partial charge in [0.25, 0.3) is 0 Å². The van der Waals surface area contributed by atoms with Crippen LogP contribution in [0.1, 0.15) is 38.8 Å². The van der Waals surface area contributed by atoms with Crippen molar-refractivity contribution in [1.82, 2.24) is 0 Å². The van der Waals surface area contributed by atoms with Gasteiger partial charge in [0.05, 0.1) is 9.79 Å². The predicted molar refractivity (Wildman–Crippen MR) is 109 cm³/mol. The second-order valence-corrected chi connectivity index (χ2v) is 9.39. The summed E-state index contributed by atoms with van der Waals surface area (Å²) in [6.45, 7) is 10.1. The molecule has 11 heteroatoms. The minimum Gasteiger partial charge on any atom is -0.852 e. The molecule has 0 atom stereocenters. The first-order valence-corrected chi connectivity index (χ1v) is 11.6. The van der Waals surface area contributed by atoms with Crippen LogP contribution in [0, 0.1) is 13.8 Å². The molecule has 0 aliphatic carbocycles. The summed E-state index contributed by atoms with van der Waals surface area (Å²) in [5.41, 5.74) is 1.86. The first kappa shape index (κ1) is 34.5. The van der Waals surface area contributed by atoms with Gasteiger partial charge in [0.1, 0.15) is 20.2 Å². The number of hydrogen-bond donors (Lipinski definition) is 0. The summed E-state index contributed by atoms with van der Waals surface area (Å²) in [4.78, 5) is -0.355. The van der Waals surface area contributed by atoms with Gasteiger partial charge >= 0.3 is 21.7 Å². The molecule has 0 unspecified atom stereocenters. The maximum atomic E-state index is 10.4. The molecule has 0 radical (unpaired) electrons. The molecule has 8 nitrogen and oxygen atoms in total. The summed E-state index contributed by atoms with van der Waals surface area (Å²) in [6, 6.07) is 11.6. The van der Waals surface area contributed by atoms with E-state index in [1.807, 2.05) is 13.8 Å². The molecule has 0 aromatic heterocycles. The third-order valence-electron chi connectivity index (χ3n) is 2.62. The van der Waals surface area contributed by atoms with Crippen LogP contribution in [0.4, 0.5) is 0 Å². The van der Waals surface area contributed by atoms with Crippen molar-refractivity contribution in [2.45, 2.75) is 63.5 Å². The number of rotatable bonds is 2. The minimum absolute atomic E-state index is 0. The Hall–Kier alpha value is -1.11. The molecular formula is C20H28O8S2Ti. The summed E-state index contributed by atoms with van der Waals surface area (Å²) in [5.74, 6) is 0. The van der Waals surface area contributed by atoms with Gasteiger partial charge in [0.15, 0.2) is 0 Å². The fraction of sp³-hybridized carbons (Fsp3) is 0.400. The molecule has 0 aliphatic heterocycles. The molecule has 0 amide bonds. The van der Waals surface area contributed by atoms with E-state index in [1.165, 1.54) is 24.3 Å². The summed E-state index contributed by atoms with van der Waals surface area (Å²) in [5, 5.41) is 19.1. The largest absolute Gasteiger partial charge is 4.00 e. The summed E-state index contributed by atoms with van der Waals surface area (Å²) >= 11 is 0. The van der Waals surface area contributed by atoms with Crippen molar-refractivity contribution >= 4 is 20.2 Å². The molecule has 172 valence electrons. The van der Waals surface area contributed by atoms with E-state index in [-0.39, 0.29) is 31.5 Å². The summed E-state index contributed by atoms with van der Waals surface area (Å²) in [6.07, 6.45) is -0.833. The van der Waals surface area contributed by atoms with Crippen molar-refractivity contribution in [2.24, 2.45) is 0 Å². The molecular weight excluding hydrogens is 480 g/mol. The van der Waals surface area contributed by atoms with Crippen LogP contribution >= 0.6 is 0 Å². The predicted octanol–water partition coefficient (Wildman–Crippen LogP) is 1.31. The van der Waals surface area contributed by atoms with Gasteiger partial charge in [-0.2, -0.15) is 0 Å². The van der Waals surface area contributed by atoms with Crippen LogP contribution in [0.2, 0.25) is 0 Å². The van der Waals surface area contributed by atoms with E-state index in [9.17, 15) is 36.2 Å². The van der Waals surface area contributed by atoms with Crippen LogP contribution in [0.15, 0.2) is 58.3 Å². The first-order valence-electron chi connectivity index (χ1n) is 8.83. The van der Waals surface area contributed by atoms with Gasteiger partial charge in [-0.05, 0) is 38.1 Å². The zero-order valence-corrected chi connectivity index (χ0v) is 21.6. The third kappa shape index (κ3) is 21.9. The zero-order valence-electron chi connectivity index (χ0n) is 18.4. The van der Waals surface area contributed by atoms with E-state index in [2.05, 4.69) is 0 Å². The smallest absolute Gasteiger partial charge is 0.852 e. The van der Waals surface area contributed by atoms with E-state index in [0.717, 1.165) is 11.1 Å². The first-order chi connectivity index (χ1) is 13.5. The summed E-state index contributed by atoms with van der Waals surface area (Å²) < 4.78 is 62.3. The molecule has 0 N–H and O–H groups in total. The molecule has 0 saturated heterocycles. The number of benzene rings is 2. The van der Waals surface area contributed by atoms with Crippen molar-refractivity contribution in [3.63, 3.8) is 0 Å². The Labute approximate surface area is 200 Å². The Balaban J connectivity index is -0.000000370. The maximum absolute atomic E-state index is 10.4. The second-order valence-electron chi connectivity index (χ2n) is 6.63. The quantitative estimate of drug-likeness (QED) is 0.433. The molecule has 0 bridgehead atoms. The molecule has 0 fully saturated rings. The van der Waals surface area contributed by atoms with Gasteiger partial charge in [-0.1, -0.05) is 63.1 Å². The molecule has 2 rings (SSSR count). The van der Waals surface area contributed by atoms with Crippen LogP contribution in [-0.2, 0) is 42.0 Å². The Bertz CT molecular complexity index is 837. The topological polar surface area (TPSA) is 161 Å². The molecule has 0 saturated carbocycles. The average Bonchev–Trinajstić information content (AvgIpc) is 2.53. The Morgan fingerprint density at radius 2 is 0.742 bits per heavy atom. The van der Waals surface area contributed by atoms with Crippen molar-refractivity contribution in [3.8, 4) is 0 Å². The number of aryl methyl sites for hydroxylation is 2. The normalized spacial score (nSPS) is 10.5. The summed E-state index contributed by atoms with van der Waals surface area (Å²) in [7, 11) is -8.54. The molecule has 0 aliphatic rings. The minimum atomic E-state index is -4.27. The van der Waals surface area contributed by atoms with E-state index < -0.39 is 32.4 Å². The zero-order chi connectivity index (χ0) is 24.1. The van der Waals surface area contributed by atoms with Crippen LogP contribution in [-0.4, -0.2) is 38.1 Å². The van der Waals surface area contributed by atoms with Crippen LogP contribution < -0.4 is 10.2 Å². The van der Waals surface area contributed by atoms with Crippen LogP contribution in [0.25, 0.3) is 0 Å². The standard InChI is InChI=1S/2C7H8O3S.2C3H7O.Ti/c2*1-6-2-4-7(5-3-6)11(8,9)10;2*1-3(2)4;/h2*2-5H,1H3,(H,8,9,10);2*3H,1-2H3;/q;;2*-1;+4/p-2. The van der Waals surface area contributed by atoms with E-state index >= 15 is 0 Å². The van der Waals surface area contributed by atoms with Crippen molar-refractivity contribution in [2.75, 3.05) is 0 Å². The third-order valence-corrected chi connectivity index (χ3v) is 4.32.